The van der Waals surface area contributed by atoms with Gasteiger partial charge in [-0.05, 0) is 81.0 Å². The average molecular weight is 539 g/mol. The van der Waals surface area contributed by atoms with E-state index >= 15 is 0 Å². The highest BCUT2D eigenvalue weighted by Crippen LogP contribution is 2.37. The molecule has 0 unspecified atom stereocenters. The Morgan fingerprint density at radius 1 is 1.13 bits per heavy atom. The van der Waals surface area contributed by atoms with Crippen molar-refractivity contribution in [2.75, 3.05) is 32.8 Å². The van der Waals surface area contributed by atoms with E-state index in [2.05, 4.69) is 9.97 Å². The van der Waals surface area contributed by atoms with E-state index in [1.165, 1.54) is 0 Å². The molecule has 3 heterocycles. The summed E-state index contributed by atoms with van der Waals surface area (Å²) in [4.78, 5) is 38.1. The number of fused-ring (bicyclic) bond motifs is 1. The highest BCUT2D eigenvalue weighted by molar-refractivity contribution is 6.32. The van der Waals surface area contributed by atoms with Crippen LogP contribution in [0.2, 0.25) is 5.02 Å². The zero-order chi connectivity index (χ0) is 26.9. The minimum absolute atomic E-state index is 0.0529. The van der Waals surface area contributed by atoms with Crippen molar-refractivity contribution in [1.29, 1.82) is 0 Å². The first kappa shape index (κ1) is 26.5. The zero-order valence-corrected chi connectivity index (χ0v) is 22.8. The predicted octanol–water partition coefficient (Wildman–Crippen LogP) is 4.51. The highest BCUT2D eigenvalue weighted by atomic mass is 35.5. The van der Waals surface area contributed by atoms with Gasteiger partial charge in [-0.15, -0.1) is 0 Å². The molecular formula is C29H35ClN4O4. The molecule has 0 spiro atoms. The quantitative estimate of drug-likeness (QED) is 0.481. The van der Waals surface area contributed by atoms with Crippen LogP contribution >= 0.6 is 11.6 Å². The van der Waals surface area contributed by atoms with Crippen LogP contribution in [-0.2, 0) is 4.79 Å². The van der Waals surface area contributed by atoms with Gasteiger partial charge in [0.1, 0.15) is 5.75 Å². The molecular weight excluding hydrogens is 504 g/mol. The number of nitrogens with zero attached hydrogens (tertiary/aromatic N) is 3. The molecule has 38 heavy (non-hydrogen) atoms. The number of aliphatic hydroxyl groups excluding tert-OH is 1. The van der Waals surface area contributed by atoms with E-state index in [9.17, 15) is 14.7 Å². The minimum atomic E-state index is -0.527. The van der Waals surface area contributed by atoms with E-state index in [0.29, 0.717) is 56.9 Å². The monoisotopic (exact) mass is 538 g/mol. The molecule has 2 saturated heterocycles. The third-order valence-corrected chi connectivity index (χ3v) is 8.51. The van der Waals surface area contributed by atoms with Gasteiger partial charge >= 0.3 is 0 Å². The molecule has 2 amide bonds. The summed E-state index contributed by atoms with van der Waals surface area (Å²) < 4.78 is 6.33. The van der Waals surface area contributed by atoms with E-state index < -0.39 is 5.41 Å². The number of aliphatic hydroxyl groups is 1. The lowest BCUT2D eigenvalue weighted by molar-refractivity contribution is -0.137. The van der Waals surface area contributed by atoms with Crippen molar-refractivity contribution >= 4 is 34.4 Å². The van der Waals surface area contributed by atoms with Crippen molar-refractivity contribution in [1.82, 2.24) is 19.8 Å². The summed E-state index contributed by atoms with van der Waals surface area (Å²) in [5, 5.41) is 10.6. The summed E-state index contributed by atoms with van der Waals surface area (Å²) in [5.74, 6) is 0.708. The number of amides is 2. The topological polar surface area (TPSA) is 98.8 Å². The molecule has 202 valence electrons. The minimum Gasteiger partial charge on any atom is -0.493 e. The second kappa shape index (κ2) is 10.9. The number of benzene rings is 2. The Balaban J connectivity index is 1.37. The number of H-pyrrole nitrogens is 1. The molecule has 2 N–H and O–H groups in total. The number of carbonyl (C=O) groups is 2. The van der Waals surface area contributed by atoms with Crippen LogP contribution < -0.4 is 4.74 Å². The van der Waals surface area contributed by atoms with Crippen LogP contribution in [0.25, 0.3) is 11.0 Å². The van der Waals surface area contributed by atoms with Crippen molar-refractivity contribution in [2.45, 2.75) is 52.1 Å². The largest absolute Gasteiger partial charge is 0.493 e. The number of imidazole rings is 1. The molecule has 9 heteroatoms. The summed E-state index contributed by atoms with van der Waals surface area (Å²) in [6.07, 6.45) is 4.32. The lowest BCUT2D eigenvalue weighted by Crippen LogP contribution is -2.51. The number of rotatable bonds is 6. The van der Waals surface area contributed by atoms with Crippen molar-refractivity contribution in [3.63, 3.8) is 0 Å². The van der Waals surface area contributed by atoms with Gasteiger partial charge in [0, 0.05) is 48.6 Å². The van der Waals surface area contributed by atoms with Gasteiger partial charge in [0.2, 0.25) is 5.91 Å². The number of aromatic amines is 1. The standard InChI is InChI=1S/C29H35ClN4O4/c1-19-12-23(13-20(2)27(19)30)38-17-29(15-26(36)33-10-6-22(35)7-11-33)8-3-9-34(16-29)28(37)21-4-5-24-25(14-21)32-18-31-24/h4-5,12-14,18,22,35H,3,6-11,15-17H2,1-2H3,(H,31,32)/t29-/m0/s1. The molecule has 5 rings (SSSR count). The first-order valence-corrected chi connectivity index (χ1v) is 13.7. The number of piperidine rings is 2. The Kier molecular flexibility index (Phi) is 7.63. The average Bonchev–Trinajstić information content (AvgIpc) is 3.38. The van der Waals surface area contributed by atoms with E-state index in [0.717, 1.165) is 40.0 Å². The number of hydrogen-bond acceptors (Lipinski definition) is 5. The fourth-order valence-electron chi connectivity index (χ4n) is 5.72. The molecule has 3 aromatic rings. The molecule has 1 aromatic heterocycles. The molecule has 2 aliphatic rings. The number of halogens is 1. The fourth-order valence-corrected chi connectivity index (χ4v) is 5.83. The fraction of sp³-hybridized carbons (Fsp3) is 0.483. The summed E-state index contributed by atoms with van der Waals surface area (Å²) in [7, 11) is 0. The van der Waals surface area contributed by atoms with Gasteiger partial charge in [0.25, 0.3) is 5.91 Å². The maximum absolute atomic E-state index is 13.6. The number of carbonyl (C=O) groups excluding carboxylic acids is 2. The van der Waals surface area contributed by atoms with Crippen LogP contribution in [0.3, 0.4) is 0 Å². The third kappa shape index (κ3) is 5.66. The first-order chi connectivity index (χ1) is 18.2. The van der Waals surface area contributed by atoms with Crippen LogP contribution in [0.1, 0.15) is 53.6 Å². The Morgan fingerprint density at radius 2 is 1.87 bits per heavy atom. The molecule has 2 aliphatic heterocycles. The number of aryl methyl sites for hydroxylation is 2. The second-order valence-electron chi connectivity index (χ2n) is 10.9. The normalized spacial score (nSPS) is 20.6. The van der Waals surface area contributed by atoms with Crippen LogP contribution in [0.4, 0.5) is 0 Å². The first-order valence-electron chi connectivity index (χ1n) is 13.3. The lowest BCUT2D eigenvalue weighted by Gasteiger charge is -2.43. The van der Waals surface area contributed by atoms with Gasteiger partial charge in [-0.25, -0.2) is 4.98 Å². The summed E-state index contributed by atoms with van der Waals surface area (Å²) in [6.45, 7) is 6.39. The number of nitrogens with one attached hydrogen (secondary N) is 1. The summed E-state index contributed by atoms with van der Waals surface area (Å²) >= 11 is 6.36. The van der Waals surface area contributed by atoms with Gasteiger partial charge in [0.15, 0.2) is 0 Å². The zero-order valence-electron chi connectivity index (χ0n) is 22.0. The van der Waals surface area contributed by atoms with Crippen molar-refractivity contribution in [3.8, 4) is 5.75 Å². The second-order valence-corrected chi connectivity index (χ2v) is 11.3. The molecule has 0 saturated carbocycles. The number of ether oxygens (including phenoxy) is 1. The summed E-state index contributed by atoms with van der Waals surface area (Å²) in [5.41, 5.74) is 3.58. The number of hydrogen-bond donors (Lipinski definition) is 2. The molecule has 0 bridgehead atoms. The Morgan fingerprint density at radius 3 is 2.61 bits per heavy atom. The maximum Gasteiger partial charge on any atom is 0.253 e. The molecule has 1 atom stereocenters. The van der Waals surface area contributed by atoms with Crippen LogP contribution in [0.5, 0.6) is 5.75 Å². The molecule has 0 aliphatic carbocycles. The van der Waals surface area contributed by atoms with E-state index in [1.54, 1.807) is 6.33 Å². The summed E-state index contributed by atoms with van der Waals surface area (Å²) in [6, 6.07) is 9.33. The number of likely N-dealkylation sites (tertiary alicyclic amines) is 2. The van der Waals surface area contributed by atoms with Gasteiger partial charge in [-0.3, -0.25) is 9.59 Å². The maximum atomic E-state index is 13.6. The lowest BCUT2D eigenvalue weighted by atomic mass is 9.77. The van der Waals surface area contributed by atoms with Gasteiger partial charge in [0.05, 0.1) is 30.1 Å². The smallest absolute Gasteiger partial charge is 0.253 e. The van der Waals surface area contributed by atoms with Gasteiger partial charge in [-0.1, -0.05) is 11.6 Å². The Bertz CT molecular complexity index is 1310. The molecule has 0 radical (unpaired) electrons. The van der Waals surface area contributed by atoms with Crippen LogP contribution in [0.15, 0.2) is 36.7 Å². The molecule has 2 fully saturated rings. The Labute approximate surface area is 227 Å². The van der Waals surface area contributed by atoms with Crippen LogP contribution in [-0.4, -0.2) is 75.6 Å². The van der Waals surface area contributed by atoms with Crippen molar-refractivity contribution < 1.29 is 19.4 Å². The Hall–Kier alpha value is -3.10. The van der Waals surface area contributed by atoms with E-state index in [4.69, 9.17) is 16.3 Å². The highest BCUT2D eigenvalue weighted by Gasteiger charge is 2.41. The predicted molar refractivity (Wildman–Crippen MR) is 147 cm³/mol. The molecule has 8 nitrogen and oxygen atoms in total. The number of aromatic nitrogens is 2. The van der Waals surface area contributed by atoms with Gasteiger partial charge < -0.3 is 24.6 Å². The van der Waals surface area contributed by atoms with Crippen molar-refractivity contribution in [3.05, 3.63) is 58.4 Å². The van der Waals surface area contributed by atoms with Gasteiger partial charge in [-0.2, -0.15) is 0 Å². The SMILES string of the molecule is Cc1cc(OC[C@]2(CC(=O)N3CCC(O)CC3)CCCN(C(=O)c3ccc4nc[nH]c4c3)C2)cc(C)c1Cl. The third-order valence-electron chi connectivity index (χ3n) is 7.91. The van der Waals surface area contributed by atoms with E-state index in [-0.39, 0.29) is 24.3 Å². The van der Waals surface area contributed by atoms with E-state index in [1.807, 2.05) is 54.0 Å². The van der Waals surface area contributed by atoms with Crippen molar-refractivity contribution in [2.24, 2.45) is 5.41 Å². The molecule has 2 aromatic carbocycles. The van der Waals surface area contributed by atoms with Crippen LogP contribution in [0, 0.1) is 19.3 Å².